The molecule has 5 heteroatoms. The summed E-state index contributed by atoms with van der Waals surface area (Å²) in [5.41, 5.74) is -0.494. The second kappa shape index (κ2) is 6.47. The van der Waals surface area contributed by atoms with Gasteiger partial charge in [-0.1, -0.05) is 13.8 Å². The highest BCUT2D eigenvalue weighted by atomic mass is 16.6. The molecule has 0 saturated carbocycles. The standard InChI is InChI=1S/C12H24N2O3/c1-9(2)10(15)13-7-8-14(6)11(16)17-12(3,4)5/h9H,7-8H2,1-6H3,(H,13,15). The largest absolute Gasteiger partial charge is 0.444 e. The van der Waals surface area contributed by atoms with Crippen LogP contribution in [0.2, 0.25) is 0 Å². The highest BCUT2D eigenvalue weighted by Crippen LogP contribution is 2.08. The summed E-state index contributed by atoms with van der Waals surface area (Å²) in [5, 5.41) is 2.74. The second-order valence-electron chi connectivity index (χ2n) is 5.35. The molecule has 100 valence electrons. The molecule has 0 radical (unpaired) electrons. The van der Waals surface area contributed by atoms with Gasteiger partial charge < -0.3 is 15.0 Å². The fourth-order valence-corrected chi connectivity index (χ4v) is 0.982. The Bertz CT molecular complexity index is 269. The summed E-state index contributed by atoms with van der Waals surface area (Å²) in [6, 6.07) is 0. The Balaban J connectivity index is 3.91. The van der Waals surface area contributed by atoms with Crippen LogP contribution >= 0.6 is 0 Å². The smallest absolute Gasteiger partial charge is 0.410 e. The summed E-state index contributed by atoms with van der Waals surface area (Å²) >= 11 is 0. The lowest BCUT2D eigenvalue weighted by molar-refractivity contribution is -0.124. The molecule has 0 spiro atoms. The van der Waals surface area contributed by atoms with Crippen LogP contribution in [-0.2, 0) is 9.53 Å². The van der Waals surface area contributed by atoms with E-state index in [0.717, 1.165) is 0 Å². The van der Waals surface area contributed by atoms with Crippen molar-refractivity contribution in [2.24, 2.45) is 5.92 Å². The van der Waals surface area contributed by atoms with Gasteiger partial charge in [-0.15, -0.1) is 0 Å². The average molecular weight is 244 g/mol. The highest BCUT2D eigenvalue weighted by Gasteiger charge is 2.19. The van der Waals surface area contributed by atoms with Crippen LogP contribution in [0.3, 0.4) is 0 Å². The number of amides is 2. The van der Waals surface area contributed by atoms with E-state index in [4.69, 9.17) is 4.74 Å². The number of rotatable bonds is 4. The molecule has 0 rings (SSSR count). The molecule has 5 nitrogen and oxygen atoms in total. The molecule has 0 aromatic rings. The number of nitrogens with one attached hydrogen (secondary N) is 1. The van der Waals surface area contributed by atoms with Crippen molar-refractivity contribution in [1.29, 1.82) is 0 Å². The van der Waals surface area contributed by atoms with Crippen LogP contribution in [0.1, 0.15) is 34.6 Å². The molecule has 0 fully saturated rings. The molecule has 1 N–H and O–H groups in total. The van der Waals surface area contributed by atoms with E-state index in [2.05, 4.69) is 5.32 Å². The monoisotopic (exact) mass is 244 g/mol. The van der Waals surface area contributed by atoms with Gasteiger partial charge in [0.15, 0.2) is 0 Å². The molecule has 0 bridgehead atoms. The van der Waals surface area contributed by atoms with Crippen molar-refractivity contribution in [2.45, 2.75) is 40.2 Å². The lowest BCUT2D eigenvalue weighted by Gasteiger charge is -2.24. The number of carbonyl (C=O) groups excluding carboxylic acids is 2. The molecule has 0 aliphatic heterocycles. The Kier molecular flexibility index (Phi) is 5.99. The Morgan fingerprint density at radius 1 is 1.29 bits per heavy atom. The third-order valence-corrected chi connectivity index (χ3v) is 1.98. The normalized spacial score (nSPS) is 11.2. The van der Waals surface area contributed by atoms with Crippen molar-refractivity contribution in [3.8, 4) is 0 Å². The lowest BCUT2D eigenvalue weighted by atomic mass is 10.2. The molecule has 2 amide bonds. The van der Waals surface area contributed by atoms with Gasteiger partial charge in [-0.2, -0.15) is 0 Å². The first-order valence-electron chi connectivity index (χ1n) is 5.85. The fraction of sp³-hybridized carbons (Fsp3) is 0.833. The molecule has 0 aliphatic carbocycles. The molecule has 0 atom stereocenters. The summed E-state index contributed by atoms with van der Waals surface area (Å²) in [7, 11) is 1.65. The number of nitrogens with zero attached hydrogens (tertiary/aromatic N) is 1. The Labute approximate surface area is 103 Å². The molecule has 0 aromatic carbocycles. The summed E-state index contributed by atoms with van der Waals surface area (Å²) in [6.07, 6.45) is -0.378. The van der Waals surface area contributed by atoms with Gasteiger partial charge >= 0.3 is 6.09 Å². The molecule has 0 aliphatic rings. The van der Waals surface area contributed by atoms with E-state index < -0.39 is 5.60 Å². The zero-order valence-corrected chi connectivity index (χ0v) is 11.7. The molecule has 17 heavy (non-hydrogen) atoms. The summed E-state index contributed by atoms with van der Waals surface area (Å²) in [5.74, 6) is -0.0515. The second-order valence-corrected chi connectivity index (χ2v) is 5.35. The molecular formula is C12H24N2O3. The molecule has 0 unspecified atom stereocenters. The molecule has 0 heterocycles. The van der Waals surface area contributed by atoms with Gasteiger partial charge in [0.1, 0.15) is 5.60 Å². The first-order chi connectivity index (χ1) is 7.63. The van der Waals surface area contributed by atoms with E-state index in [1.165, 1.54) is 4.90 Å². The maximum absolute atomic E-state index is 11.6. The van der Waals surface area contributed by atoms with Crippen LogP contribution in [0.4, 0.5) is 4.79 Å². The van der Waals surface area contributed by atoms with Gasteiger partial charge in [0.2, 0.25) is 5.91 Å². The van der Waals surface area contributed by atoms with Gasteiger partial charge in [-0.25, -0.2) is 4.79 Å². The quantitative estimate of drug-likeness (QED) is 0.817. The maximum Gasteiger partial charge on any atom is 0.410 e. The molecular weight excluding hydrogens is 220 g/mol. The number of ether oxygens (including phenoxy) is 1. The number of carbonyl (C=O) groups is 2. The van der Waals surface area contributed by atoms with Crippen LogP contribution in [0, 0.1) is 5.92 Å². The van der Waals surface area contributed by atoms with E-state index >= 15 is 0 Å². The number of hydrogen-bond donors (Lipinski definition) is 1. The summed E-state index contributed by atoms with van der Waals surface area (Å²) in [4.78, 5) is 24.3. The van der Waals surface area contributed by atoms with E-state index in [1.54, 1.807) is 7.05 Å². The minimum absolute atomic E-state index is 0.0115. The number of likely N-dealkylation sites (N-methyl/N-ethyl adjacent to an activating group) is 1. The summed E-state index contributed by atoms with van der Waals surface area (Å²) < 4.78 is 5.18. The van der Waals surface area contributed by atoms with Crippen LogP contribution in [0.5, 0.6) is 0 Å². The average Bonchev–Trinajstić information content (AvgIpc) is 2.14. The van der Waals surface area contributed by atoms with E-state index in [0.29, 0.717) is 13.1 Å². The molecule has 0 saturated heterocycles. The van der Waals surface area contributed by atoms with E-state index in [9.17, 15) is 9.59 Å². The number of hydrogen-bond acceptors (Lipinski definition) is 3. The van der Waals surface area contributed by atoms with Crippen molar-refractivity contribution >= 4 is 12.0 Å². The van der Waals surface area contributed by atoms with Gasteiger partial charge in [-0.05, 0) is 20.8 Å². The summed E-state index contributed by atoms with van der Waals surface area (Å²) in [6.45, 7) is 9.98. The van der Waals surface area contributed by atoms with Crippen molar-refractivity contribution < 1.29 is 14.3 Å². The third-order valence-electron chi connectivity index (χ3n) is 1.98. The Hall–Kier alpha value is -1.26. The van der Waals surface area contributed by atoms with Crippen LogP contribution in [0.25, 0.3) is 0 Å². The van der Waals surface area contributed by atoms with Gasteiger partial charge in [-0.3, -0.25) is 4.79 Å². The highest BCUT2D eigenvalue weighted by molar-refractivity contribution is 5.77. The predicted molar refractivity (Wildman–Crippen MR) is 66.7 cm³/mol. The first-order valence-corrected chi connectivity index (χ1v) is 5.85. The van der Waals surface area contributed by atoms with Crippen LogP contribution < -0.4 is 5.32 Å². The zero-order valence-electron chi connectivity index (χ0n) is 11.7. The van der Waals surface area contributed by atoms with Crippen LogP contribution in [-0.4, -0.2) is 42.6 Å². The topological polar surface area (TPSA) is 58.6 Å². The van der Waals surface area contributed by atoms with Gasteiger partial charge in [0.05, 0.1) is 0 Å². The first kappa shape index (κ1) is 15.7. The molecule has 0 aromatic heterocycles. The Morgan fingerprint density at radius 2 is 1.82 bits per heavy atom. The van der Waals surface area contributed by atoms with E-state index in [-0.39, 0.29) is 17.9 Å². The van der Waals surface area contributed by atoms with Crippen molar-refractivity contribution in [1.82, 2.24) is 10.2 Å². The van der Waals surface area contributed by atoms with Crippen molar-refractivity contribution in [3.05, 3.63) is 0 Å². The van der Waals surface area contributed by atoms with Crippen LogP contribution in [0.15, 0.2) is 0 Å². The maximum atomic E-state index is 11.6. The Morgan fingerprint density at radius 3 is 2.24 bits per heavy atom. The minimum atomic E-state index is -0.494. The van der Waals surface area contributed by atoms with Gasteiger partial charge in [0.25, 0.3) is 0 Å². The van der Waals surface area contributed by atoms with E-state index in [1.807, 2.05) is 34.6 Å². The fourth-order valence-electron chi connectivity index (χ4n) is 0.982. The van der Waals surface area contributed by atoms with Crippen molar-refractivity contribution in [2.75, 3.05) is 20.1 Å². The lowest BCUT2D eigenvalue weighted by Crippen LogP contribution is -2.40. The third kappa shape index (κ3) is 7.60. The van der Waals surface area contributed by atoms with Crippen molar-refractivity contribution in [3.63, 3.8) is 0 Å². The zero-order chi connectivity index (χ0) is 13.6. The predicted octanol–water partition coefficient (Wildman–Crippen LogP) is 1.63. The minimum Gasteiger partial charge on any atom is -0.444 e. The SMILES string of the molecule is CC(C)C(=O)NCCN(C)C(=O)OC(C)(C)C. The van der Waals surface area contributed by atoms with Gasteiger partial charge in [0, 0.05) is 26.1 Å².